The average molecular weight is 622 g/mol. The van der Waals surface area contributed by atoms with E-state index in [1.807, 2.05) is 66.7 Å². The van der Waals surface area contributed by atoms with Crippen LogP contribution in [0.1, 0.15) is 15.9 Å². The van der Waals surface area contributed by atoms with E-state index in [0.29, 0.717) is 0 Å². The number of rotatable bonds is 10. The second-order valence-corrected chi connectivity index (χ2v) is 12.3. The number of methoxy groups -OCH3 is 1. The number of sulfonamides is 1. The molecule has 0 aliphatic heterocycles. The molecule has 0 atom stereocenters. The number of phenols is 1. The number of benzene rings is 4. The van der Waals surface area contributed by atoms with Crippen molar-refractivity contribution in [2.75, 3.05) is 25.6 Å². The minimum Gasteiger partial charge on any atom is -0.507 e. The Balaban J connectivity index is 1.44. The topological polar surface area (TPSA) is 117 Å². The third-order valence-corrected chi connectivity index (χ3v) is 9.12. The number of ether oxygens (including phenoxy) is 1. The van der Waals surface area contributed by atoms with Gasteiger partial charge in [0, 0.05) is 25.1 Å². The number of pyridine rings is 1. The highest BCUT2D eigenvalue weighted by molar-refractivity contribution is 7.89. The molecule has 228 valence electrons. The van der Waals surface area contributed by atoms with Crippen molar-refractivity contribution < 1.29 is 27.9 Å². The van der Waals surface area contributed by atoms with Crippen LogP contribution < -0.4 is 4.90 Å². The molecule has 0 bridgehead atoms. The van der Waals surface area contributed by atoms with Gasteiger partial charge in [0.15, 0.2) is 0 Å². The highest BCUT2D eigenvalue weighted by Gasteiger charge is 2.27. The van der Waals surface area contributed by atoms with Crippen molar-refractivity contribution in [3.05, 3.63) is 133 Å². The number of carbonyl (C=O) groups excluding carboxylic acids is 2. The summed E-state index contributed by atoms with van der Waals surface area (Å²) in [6.45, 7) is -0.427. The van der Waals surface area contributed by atoms with Crippen LogP contribution in [0.4, 0.5) is 5.69 Å². The molecule has 0 aliphatic carbocycles. The van der Waals surface area contributed by atoms with Crippen molar-refractivity contribution in [1.82, 2.24) is 9.29 Å². The van der Waals surface area contributed by atoms with Crippen LogP contribution >= 0.6 is 0 Å². The van der Waals surface area contributed by atoms with Crippen LogP contribution in [0, 0.1) is 0 Å². The molecular formula is C35H31N3O6S. The van der Waals surface area contributed by atoms with Gasteiger partial charge >= 0.3 is 5.97 Å². The van der Waals surface area contributed by atoms with Crippen molar-refractivity contribution in [1.29, 1.82) is 0 Å². The van der Waals surface area contributed by atoms with Crippen LogP contribution in [0.5, 0.6) is 5.75 Å². The summed E-state index contributed by atoms with van der Waals surface area (Å²) in [5, 5.41) is 10.3. The van der Waals surface area contributed by atoms with Gasteiger partial charge in [-0.2, -0.15) is 4.31 Å². The number of nitrogens with zero attached hydrogens (tertiary/aromatic N) is 3. The van der Waals surface area contributed by atoms with Crippen molar-refractivity contribution in [2.45, 2.75) is 11.4 Å². The minimum atomic E-state index is -4.03. The predicted octanol–water partition coefficient (Wildman–Crippen LogP) is 5.76. The monoisotopic (exact) mass is 621 g/mol. The Morgan fingerprint density at radius 2 is 1.42 bits per heavy atom. The van der Waals surface area contributed by atoms with Gasteiger partial charge in [-0.1, -0.05) is 60.7 Å². The normalized spacial score (nSPS) is 11.3. The van der Waals surface area contributed by atoms with Gasteiger partial charge < -0.3 is 14.7 Å². The van der Waals surface area contributed by atoms with Crippen LogP contribution in [-0.4, -0.2) is 55.4 Å². The quantitative estimate of drug-likeness (QED) is 0.197. The number of esters is 1. The summed E-state index contributed by atoms with van der Waals surface area (Å²) < 4.78 is 32.8. The second-order valence-electron chi connectivity index (χ2n) is 10.3. The van der Waals surface area contributed by atoms with Crippen LogP contribution in [-0.2, 0) is 26.1 Å². The summed E-state index contributed by atoms with van der Waals surface area (Å²) >= 11 is 0. The molecule has 0 unspecified atom stereocenters. The molecule has 0 fully saturated rings. The summed E-state index contributed by atoms with van der Waals surface area (Å²) in [5.41, 5.74) is 4.57. The molecular weight excluding hydrogens is 590 g/mol. The number of hydrogen-bond acceptors (Lipinski definition) is 7. The Bertz CT molecular complexity index is 1910. The van der Waals surface area contributed by atoms with Gasteiger partial charge in [0.2, 0.25) is 15.9 Å². The van der Waals surface area contributed by atoms with Crippen LogP contribution in [0.2, 0.25) is 0 Å². The van der Waals surface area contributed by atoms with E-state index in [-0.39, 0.29) is 28.4 Å². The van der Waals surface area contributed by atoms with Crippen LogP contribution in [0.25, 0.3) is 22.3 Å². The molecule has 0 aliphatic rings. The highest BCUT2D eigenvalue weighted by atomic mass is 32.2. The van der Waals surface area contributed by atoms with E-state index in [1.54, 1.807) is 24.5 Å². The Morgan fingerprint density at radius 3 is 2.11 bits per heavy atom. The lowest BCUT2D eigenvalue weighted by Crippen LogP contribution is -2.41. The number of phenolic OH excluding ortho intramolecular Hbond substituents is 1. The number of likely N-dealkylation sites (N-methyl/N-ethyl adjacent to an activating group) is 1. The third-order valence-electron chi connectivity index (χ3n) is 7.31. The van der Waals surface area contributed by atoms with E-state index in [9.17, 15) is 23.1 Å². The number of aromatic nitrogens is 1. The smallest absolute Gasteiger partial charge is 0.341 e. The second kappa shape index (κ2) is 13.5. The van der Waals surface area contributed by atoms with Crippen molar-refractivity contribution in [2.24, 2.45) is 0 Å². The van der Waals surface area contributed by atoms with E-state index in [4.69, 9.17) is 4.74 Å². The molecule has 5 rings (SSSR count). The largest absolute Gasteiger partial charge is 0.507 e. The Kier molecular flexibility index (Phi) is 9.36. The number of hydrogen-bond donors (Lipinski definition) is 1. The minimum absolute atomic E-state index is 0.0479. The molecule has 5 aromatic rings. The molecule has 4 aromatic carbocycles. The van der Waals surface area contributed by atoms with Crippen molar-refractivity contribution in [3.8, 4) is 28.0 Å². The summed E-state index contributed by atoms with van der Waals surface area (Å²) in [7, 11) is -1.50. The van der Waals surface area contributed by atoms with Crippen molar-refractivity contribution >= 4 is 27.6 Å². The molecule has 0 saturated carbocycles. The highest BCUT2D eigenvalue weighted by Crippen LogP contribution is 2.28. The number of anilines is 1. The average Bonchev–Trinajstić information content (AvgIpc) is 3.08. The molecule has 0 radical (unpaired) electrons. The zero-order chi connectivity index (χ0) is 32.0. The number of amides is 1. The molecule has 0 saturated heterocycles. The first kappa shape index (κ1) is 31.1. The molecule has 1 N–H and O–H groups in total. The lowest BCUT2D eigenvalue weighted by atomic mass is 10.0. The molecule has 9 nitrogen and oxygen atoms in total. The van der Waals surface area contributed by atoms with Gasteiger partial charge in [-0.3, -0.25) is 9.78 Å². The number of carbonyl (C=O) groups is 2. The molecule has 1 heterocycles. The summed E-state index contributed by atoms with van der Waals surface area (Å²) in [6.07, 6.45) is 3.38. The van der Waals surface area contributed by atoms with E-state index in [2.05, 4.69) is 4.98 Å². The summed E-state index contributed by atoms with van der Waals surface area (Å²) in [6, 6.07) is 31.5. The van der Waals surface area contributed by atoms with Gasteiger partial charge in [-0.25, -0.2) is 13.2 Å². The predicted molar refractivity (Wildman–Crippen MR) is 172 cm³/mol. The number of aromatic hydroxyl groups is 1. The zero-order valence-electron chi connectivity index (χ0n) is 24.7. The maximum Gasteiger partial charge on any atom is 0.341 e. The Morgan fingerprint density at radius 1 is 0.778 bits per heavy atom. The van der Waals surface area contributed by atoms with Gasteiger partial charge in [-0.05, 0) is 76.3 Å². The van der Waals surface area contributed by atoms with Gasteiger partial charge in [0.05, 0.1) is 25.1 Å². The SMILES string of the molecule is COC(=O)c1cc(N(Cc2cccc(-c3ccncc3)c2)C(=O)CN(C)S(=O)(=O)c2ccc(-c3ccccc3)cc2)ccc1O. The lowest BCUT2D eigenvalue weighted by molar-refractivity contribution is -0.118. The fourth-order valence-electron chi connectivity index (χ4n) is 4.86. The Labute approximate surface area is 262 Å². The summed E-state index contributed by atoms with van der Waals surface area (Å²) in [5.74, 6) is -1.63. The summed E-state index contributed by atoms with van der Waals surface area (Å²) in [4.78, 5) is 31.7. The lowest BCUT2D eigenvalue weighted by Gasteiger charge is -2.26. The molecule has 0 spiro atoms. The first-order valence-corrected chi connectivity index (χ1v) is 15.4. The van der Waals surface area contributed by atoms with E-state index < -0.39 is 28.4 Å². The molecule has 10 heteroatoms. The third kappa shape index (κ3) is 7.09. The van der Waals surface area contributed by atoms with Crippen LogP contribution in [0.15, 0.2) is 126 Å². The molecule has 1 amide bonds. The Hall–Kier alpha value is -5.32. The van der Waals surface area contributed by atoms with Gasteiger partial charge in [0.1, 0.15) is 11.3 Å². The van der Waals surface area contributed by atoms with Crippen molar-refractivity contribution in [3.63, 3.8) is 0 Å². The molecule has 45 heavy (non-hydrogen) atoms. The molecule has 1 aromatic heterocycles. The zero-order valence-corrected chi connectivity index (χ0v) is 25.5. The maximum atomic E-state index is 13.9. The van der Waals surface area contributed by atoms with E-state index in [0.717, 1.165) is 32.1 Å². The van der Waals surface area contributed by atoms with Gasteiger partial charge in [0.25, 0.3) is 0 Å². The first-order chi connectivity index (χ1) is 21.7. The standard InChI is InChI=1S/C35H31N3O6S/c1-37(45(42,43)31-14-11-27(12-15-31)26-8-4-3-5-9-26)24-34(40)38(30-13-16-33(39)32(22-30)35(41)44-2)23-25-7-6-10-29(21-25)28-17-19-36-20-18-28/h3-22,39H,23-24H2,1-2H3. The van der Waals surface area contributed by atoms with E-state index in [1.165, 1.54) is 49.4 Å². The first-order valence-electron chi connectivity index (χ1n) is 14.0. The van der Waals surface area contributed by atoms with E-state index >= 15 is 0 Å². The van der Waals surface area contributed by atoms with Gasteiger partial charge in [-0.15, -0.1) is 0 Å². The maximum absolute atomic E-state index is 13.9. The fraction of sp³-hybridized carbons (Fsp3) is 0.114. The fourth-order valence-corrected chi connectivity index (χ4v) is 5.98. The van der Waals surface area contributed by atoms with Crippen LogP contribution in [0.3, 0.4) is 0 Å².